The van der Waals surface area contributed by atoms with Crippen LogP contribution in [-0.4, -0.2) is 55.1 Å². The lowest BCUT2D eigenvalue weighted by Gasteiger charge is -2.25. The predicted molar refractivity (Wildman–Crippen MR) is 135 cm³/mol. The number of halogens is 6. The number of nitrogens with one attached hydrogen (secondary N) is 1. The van der Waals surface area contributed by atoms with Gasteiger partial charge in [-0.3, -0.25) is 4.68 Å². The molecule has 0 radical (unpaired) electrons. The average molecular weight is 590 g/mol. The first-order valence-corrected chi connectivity index (χ1v) is 12.2. The first-order valence-electron chi connectivity index (χ1n) is 12.2. The Morgan fingerprint density at radius 2 is 1.90 bits per heavy atom. The largest absolute Gasteiger partial charge is 0.490 e. The summed E-state index contributed by atoms with van der Waals surface area (Å²) in [6.07, 6.45) is -2.08. The summed E-state index contributed by atoms with van der Waals surface area (Å²) in [5.41, 5.74) is 1.15. The molecule has 1 aliphatic rings. The van der Waals surface area contributed by atoms with Gasteiger partial charge in [0.25, 0.3) is 0 Å². The summed E-state index contributed by atoms with van der Waals surface area (Å²) >= 11 is 0. The molecule has 1 aromatic carbocycles. The molecule has 10 nitrogen and oxygen atoms in total. The summed E-state index contributed by atoms with van der Waals surface area (Å²) in [6, 6.07) is 9.34. The Morgan fingerprint density at radius 1 is 1.17 bits per heavy atom. The number of carbonyl (C=O) groups is 1. The molecule has 218 valence electrons. The zero-order valence-electron chi connectivity index (χ0n) is 21.4. The molecule has 42 heavy (non-hydrogen) atoms. The van der Waals surface area contributed by atoms with Crippen LogP contribution < -0.4 is 4.90 Å². The van der Waals surface area contributed by atoms with Crippen LogP contribution in [0.4, 0.5) is 32.0 Å². The minimum Gasteiger partial charge on any atom is -0.475 e. The monoisotopic (exact) mass is 590 g/mol. The lowest BCUT2D eigenvalue weighted by Crippen LogP contribution is -2.26. The molecule has 0 aliphatic carbocycles. The van der Waals surface area contributed by atoms with Gasteiger partial charge in [0.05, 0.1) is 47.2 Å². The molecule has 4 aromatic rings. The van der Waals surface area contributed by atoms with E-state index in [9.17, 15) is 36.9 Å². The normalized spacial score (nSPS) is 15.9. The quantitative estimate of drug-likeness (QED) is 0.297. The summed E-state index contributed by atoms with van der Waals surface area (Å²) in [5, 5.41) is 31.5. The third-order valence-corrected chi connectivity index (χ3v) is 6.68. The Kier molecular flexibility index (Phi) is 8.37. The van der Waals surface area contributed by atoms with Crippen molar-refractivity contribution in [3.8, 4) is 23.4 Å². The van der Waals surface area contributed by atoms with E-state index < -0.39 is 23.9 Å². The number of alkyl halides is 6. The number of hydrogen-bond donors (Lipinski definition) is 2. The molecular weight excluding hydrogens is 570 g/mol. The molecule has 0 spiro atoms. The van der Waals surface area contributed by atoms with Crippen LogP contribution >= 0.6 is 0 Å². The number of carboxylic acids is 1. The number of hydrogen-bond acceptors (Lipinski definition) is 7. The number of rotatable bonds is 5. The van der Waals surface area contributed by atoms with E-state index in [4.69, 9.17) is 9.90 Å². The standard InChI is InChI=1S/C24H19F3N8.C2HF3O2/c25-24(26,27)19-2-1-3-21(18(19)10-29)34-9-6-15(12-34)20(4-7-28)35-13-16(11-33-35)22-17-5-8-30-23(17)32-14-31-22;3-2(4,5)1(6)7/h1-3,5,8,11,13-15,20H,4,6,9,12H2,(H,30,31,32);(H,6,7)/t15-,20-;/m0./s1. The molecule has 1 fully saturated rings. The van der Waals surface area contributed by atoms with Crippen molar-refractivity contribution in [1.82, 2.24) is 24.7 Å². The van der Waals surface area contributed by atoms with Crippen LogP contribution in [0.25, 0.3) is 22.3 Å². The van der Waals surface area contributed by atoms with Crippen LogP contribution in [0.3, 0.4) is 0 Å². The van der Waals surface area contributed by atoms with E-state index in [0.29, 0.717) is 30.9 Å². The van der Waals surface area contributed by atoms with Crippen molar-refractivity contribution in [3.05, 3.63) is 60.3 Å². The number of nitriles is 2. The number of H-pyrrole nitrogens is 1. The number of aromatic nitrogens is 5. The molecule has 3 aromatic heterocycles. The van der Waals surface area contributed by atoms with Gasteiger partial charge in [-0.2, -0.15) is 42.0 Å². The second-order valence-electron chi connectivity index (χ2n) is 9.21. The molecule has 0 unspecified atom stereocenters. The average Bonchev–Trinajstić information content (AvgIpc) is 3.71. The molecule has 1 aliphatic heterocycles. The van der Waals surface area contributed by atoms with Crippen LogP contribution in [0, 0.1) is 28.6 Å². The smallest absolute Gasteiger partial charge is 0.475 e. The Balaban J connectivity index is 0.000000517. The highest BCUT2D eigenvalue weighted by atomic mass is 19.4. The fraction of sp³-hybridized carbons (Fsp3) is 0.308. The van der Waals surface area contributed by atoms with E-state index in [0.717, 1.165) is 17.0 Å². The summed E-state index contributed by atoms with van der Waals surface area (Å²) < 4.78 is 73.7. The summed E-state index contributed by atoms with van der Waals surface area (Å²) in [6.45, 7) is 0.889. The second-order valence-corrected chi connectivity index (χ2v) is 9.21. The van der Waals surface area contributed by atoms with Crippen LogP contribution in [0.5, 0.6) is 0 Å². The molecule has 0 amide bonds. The fourth-order valence-electron chi connectivity index (χ4n) is 4.79. The highest BCUT2D eigenvalue weighted by Crippen LogP contribution is 2.39. The minimum atomic E-state index is -5.08. The van der Waals surface area contributed by atoms with Gasteiger partial charge in [0.15, 0.2) is 0 Å². The third kappa shape index (κ3) is 6.27. The van der Waals surface area contributed by atoms with E-state index in [2.05, 4.69) is 26.1 Å². The van der Waals surface area contributed by atoms with Gasteiger partial charge in [0.1, 0.15) is 18.0 Å². The summed E-state index contributed by atoms with van der Waals surface area (Å²) in [5.74, 6) is -2.80. The molecule has 0 bridgehead atoms. The highest BCUT2D eigenvalue weighted by molar-refractivity contribution is 5.90. The maximum Gasteiger partial charge on any atom is 0.490 e. The third-order valence-electron chi connectivity index (χ3n) is 6.68. The summed E-state index contributed by atoms with van der Waals surface area (Å²) in [4.78, 5) is 22.3. The Morgan fingerprint density at radius 3 is 2.55 bits per heavy atom. The molecule has 4 heterocycles. The molecule has 2 N–H and O–H groups in total. The minimum absolute atomic E-state index is 0.0406. The highest BCUT2D eigenvalue weighted by Gasteiger charge is 2.39. The van der Waals surface area contributed by atoms with Crippen molar-refractivity contribution in [2.75, 3.05) is 18.0 Å². The molecule has 0 saturated carbocycles. The number of aromatic amines is 1. The number of carboxylic acid groups (broad SMARTS) is 1. The van der Waals surface area contributed by atoms with Crippen LogP contribution in [0.1, 0.15) is 30.0 Å². The van der Waals surface area contributed by atoms with Crippen molar-refractivity contribution < 1.29 is 36.2 Å². The van der Waals surface area contributed by atoms with Crippen molar-refractivity contribution in [3.63, 3.8) is 0 Å². The van der Waals surface area contributed by atoms with Gasteiger partial charge in [-0.05, 0) is 24.6 Å². The lowest BCUT2D eigenvalue weighted by molar-refractivity contribution is -0.192. The topological polar surface area (TPSA) is 148 Å². The van der Waals surface area contributed by atoms with Crippen LogP contribution in [0.2, 0.25) is 0 Å². The van der Waals surface area contributed by atoms with E-state index in [1.54, 1.807) is 34.1 Å². The molecule has 2 atom stereocenters. The molecule has 1 saturated heterocycles. The number of anilines is 1. The maximum atomic E-state index is 13.4. The van der Waals surface area contributed by atoms with Crippen LogP contribution in [0.15, 0.2) is 49.2 Å². The number of benzene rings is 1. The molecule has 16 heteroatoms. The zero-order chi connectivity index (χ0) is 30.7. The van der Waals surface area contributed by atoms with Gasteiger partial charge in [-0.25, -0.2) is 14.8 Å². The van der Waals surface area contributed by atoms with Crippen molar-refractivity contribution in [1.29, 1.82) is 10.5 Å². The van der Waals surface area contributed by atoms with Crippen molar-refractivity contribution in [2.24, 2.45) is 5.92 Å². The van der Waals surface area contributed by atoms with Gasteiger partial charge >= 0.3 is 18.3 Å². The fourth-order valence-corrected chi connectivity index (χ4v) is 4.79. The van der Waals surface area contributed by atoms with Crippen LogP contribution in [-0.2, 0) is 11.0 Å². The van der Waals surface area contributed by atoms with E-state index in [1.807, 2.05) is 12.3 Å². The Labute approximate surface area is 233 Å². The van der Waals surface area contributed by atoms with Gasteiger partial charge in [-0.15, -0.1) is 0 Å². The maximum absolute atomic E-state index is 13.4. The predicted octanol–water partition coefficient (Wildman–Crippen LogP) is 5.33. The lowest BCUT2D eigenvalue weighted by atomic mass is 9.96. The molecule has 5 rings (SSSR count). The van der Waals surface area contributed by atoms with Gasteiger partial charge in [-0.1, -0.05) is 6.07 Å². The Bertz CT molecular complexity index is 1660. The van der Waals surface area contributed by atoms with E-state index >= 15 is 0 Å². The number of nitrogens with zero attached hydrogens (tertiary/aromatic N) is 7. The summed E-state index contributed by atoms with van der Waals surface area (Å²) in [7, 11) is 0. The van der Waals surface area contributed by atoms with Gasteiger partial charge in [0.2, 0.25) is 0 Å². The van der Waals surface area contributed by atoms with Crippen molar-refractivity contribution in [2.45, 2.75) is 31.2 Å². The first-order chi connectivity index (χ1) is 19.8. The SMILES string of the molecule is N#CC[C@@H]([C@H]1CCN(c2cccc(C(F)(F)F)c2C#N)C1)n1cc(-c2ncnc3[nH]ccc23)cn1.O=C(O)C(F)(F)F. The zero-order valence-corrected chi connectivity index (χ0v) is 21.4. The first kappa shape index (κ1) is 29.9. The Hall–Kier alpha value is -5.12. The van der Waals surface area contributed by atoms with Crippen molar-refractivity contribution >= 4 is 22.7 Å². The molecular formula is C26H20F6N8O2. The van der Waals surface area contributed by atoms with E-state index in [-0.39, 0.29) is 29.6 Å². The van der Waals surface area contributed by atoms with Gasteiger partial charge in [0, 0.05) is 42.4 Å². The number of aliphatic carboxylic acids is 1. The van der Waals surface area contributed by atoms with Gasteiger partial charge < -0.3 is 15.0 Å². The second kappa shape index (κ2) is 11.8. The van der Waals surface area contributed by atoms with E-state index in [1.165, 1.54) is 12.4 Å². The number of fused-ring (bicyclic) bond motifs is 1.